The molecule has 2 N–H and O–H groups in total. The first kappa shape index (κ1) is 17.5. The highest BCUT2D eigenvalue weighted by Gasteiger charge is 2.09. The summed E-state index contributed by atoms with van der Waals surface area (Å²) in [6, 6.07) is 9.51. The average Bonchev–Trinajstić information content (AvgIpc) is 2.54. The van der Waals surface area contributed by atoms with Crippen LogP contribution in [0.15, 0.2) is 47.6 Å². The summed E-state index contributed by atoms with van der Waals surface area (Å²) < 4.78 is 0. The van der Waals surface area contributed by atoms with Crippen molar-refractivity contribution >= 4 is 40.9 Å². The lowest BCUT2D eigenvalue weighted by Crippen LogP contribution is -2.23. The molecule has 0 saturated carbocycles. The fourth-order valence-electron chi connectivity index (χ4n) is 1.83. The molecule has 24 heavy (non-hydrogen) atoms. The van der Waals surface area contributed by atoms with Gasteiger partial charge in [-0.15, -0.1) is 0 Å². The minimum Gasteiger partial charge on any atom is -0.545 e. The molecule has 2 rings (SSSR count). The Morgan fingerprint density at radius 1 is 1.08 bits per heavy atom. The number of hydrogen-bond donors (Lipinski definition) is 2. The Balaban J connectivity index is 1.92. The Morgan fingerprint density at radius 2 is 1.71 bits per heavy atom. The van der Waals surface area contributed by atoms with Crippen molar-refractivity contribution in [1.29, 1.82) is 0 Å². The lowest BCUT2D eigenvalue weighted by atomic mass is 10.3. The summed E-state index contributed by atoms with van der Waals surface area (Å²) in [7, 11) is 0. The van der Waals surface area contributed by atoms with E-state index in [0.29, 0.717) is 11.4 Å². The van der Waals surface area contributed by atoms with Crippen molar-refractivity contribution in [3.63, 3.8) is 0 Å². The van der Waals surface area contributed by atoms with Crippen LogP contribution in [0.5, 0.6) is 0 Å². The van der Waals surface area contributed by atoms with Crippen LogP contribution in [0.2, 0.25) is 0 Å². The number of aromatic carboxylic acids is 1. The van der Waals surface area contributed by atoms with Gasteiger partial charge < -0.3 is 20.5 Å². The molecule has 0 unspecified atom stereocenters. The van der Waals surface area contributed by atoms with Gasteiger partial charge in [-0.05, 0) is 36.4 Å². The summed E-state index contributed by atoms with van der Waals surface area (Å²) in [4.78, 5) is 37.8. The highest BCUT2D eigenvalue weighted by Crippen LogP contribution is 2.20. The Hall–Kier alpha value is -2.87. The molecule has 2 amide bonds. The van der Waals surface area contributed by atoms with Gasteiger partial charge in [0.05, 0.1) is 11.7 Å². The molecule has 0 spiro atoms. The molecule has 124 valence electrons. The molecule has 1 aromatic carbocycles. The number of nitrogens with zero attached hydrogens (tertiary/aromatic N) is 1. The summed E-state index contributed by atoms with van der Waals surface area (Å²) in [5, 5.41) is 16.5. The number of amides is 2. The van der Waals surface area contributed by atoms with Crippen molar-refractivity contribution in [1.82, 2.24) is 4.98 Å². The predicted molar refractivity (Wildman–Crippen MR) is 88.7 cm³/mol. The number of benzene rings is 1. The molecule has 0 radical (unpaired) electrons. The molecule has 0 aliphatic heterocycles. The highest BCUT2D eigenvalue weighted by atomic mass is 32.2. The predicted octanol–water partition coefficient (Wildman–Crippen LogP) is 1.13. The quantitative estimate of drug-likeness (QED) is 0.760. The number of anilines is 2. The zero-order chi connectivity index (χ0) is 17.5. The first-order valence-electron chi connectivity index (χ1n) is 6.92. The van der Waals surface area contributed by atoms with Gasteiger partial charge >= 0.3 is 0 Å². The van der Waals surface area contributed by atoms with Crippen molar-refractivity contribution in [2.75, 3.05) is 16.4 Å². The number of carboxylic acids is 1. The minimum atomic E-state index is -1.33. The molecule has 0 atom stereocenters. The summed E-state index contributed by atoms with van der Waals surface area (Å²) >= 11 is 1.01. The van der Waals surface area contributed by atoms with Crippen LogP contribution < -0.4 is 15.7 Å². The van der Waals surface area contributed by atoms with E-state index < -0.39 is 5.97 Å². The van der Waals surface area contributed by atoms with E-state index in [9.17, 15) is 19.5 Å². The standard InChI is InChI=1S/C16H15N3O4S/c1-10(20)18-11-4-6-12(7-5-11)19-14(21)9-24-15-13(16(22)23)3-2-8-17-15/h2-8H,9H2,1H3,(H,18,20)(H,19,21)(H,22,23)/p-1. The van der Waals surface area contributed by atoms with E-state index >= 15 is 0 Å². The molecule has 0 fully saturated rings. The largest absolute Gasteiger partial charge is 0.545 e. The van der Waals surface area contributed by atoms with E-state index in [1.54, 1.807) is 24.3 Å². The Morgan fingerprint density at radius 3 is 2.29 bits per heavy atom. The highest BCUT2D eigenvalue weighted by molar-refractivity contribution is 8.00. The topological polar surface area (TPSA) is 111 Å². The van der Waals surface area contributed by atoms with Gasteiger partial charge in [-0.3, -0.25) is 9.59 Å². The molecule has 0 aliphatic rings. The van der Waals surface area contributed by atoms with E-state index in [-0.39, 0.29) is 28.2 Å². The van der Waals surface area contributed by atoms with Gasteiger partial charge in [0.25, 0.3) is 0 Å². The van der Waals surface area contributed by atoms with Gasteiger partial charge in [0.15, 0.2) is 0 Å². The van der Waals surface area contributed by atoms with Gasteiger partial charge in [-0.1, -0.05) is 11.8 Å². The molecule has 1 heterocycles. The van der Waals surface area contributed by atoms with Crippen LogP contribution in [0.4, 0.5) is 11.4 Å². The van der Waals surface area contributed by atoms with E-state index in [1.807, 2.05) is 0 Å². The van der Waals surface area contributed by atoms with Gasteiger partial charge in [0, 0.05) is 30.1 Å². The van der Waals surface area contributed by atoms with E-state index in [2.05, 4.69) is 15.6 Å². The molecule has 7 nitrogen and oxygen atoms in total. The zero-order valence-corrected chi connectivity index (χ0v) is 13.6. The fraction of sp³-hybridized carbons (Fsp3) is 0.125. The molecule has 2 aromatic rings. The van der Waals surface area contributed by atoms with Gasteiger partial charge in [-0.25, -0.2) is 4.98 Å². The van der Waals surface area contributed by atoms with E-state index in [4.69, 9.17) is 0 Å². The van der Waals surface area contributed by atoms with Gasteiger partial charge in [-0.2, -0.15) is 0 Å². The first-order chi connectivity index (χ1) is 11.5. The number of carbonyl (C=O) groups is 3. The van der Waals surface area contributed by atoms with Crippen molar-refractivity contribution in [2.45, 2.75) is 11.9 Å². The zero-order valence-electron chi connectivity index (χ0n) is 12.7. The van der Waals surface area contributed by atoms with Crippen molar-refractivity contribution in [3.8, 4) is 0 Å². The number of aromatic nitrogens is 1. The summed E-state index contributed by atoms with van der Waals surface area (Å²) in [5.74, 6) is -1.81. The number of carbonyl (C=O) groups excluding carboxylic acids is 3. The number of carboxylic acid groups (broad SMARTS) is 1. The van der Waals surface area contributed by atoms with Crippen LogP contribution in [-0.4, -0.2) is 28.5 Å². The second-order valence-corrected chi connectivity index (χ2v) is 5.70. The molecule has 1 aromatic heterocycles. The smallest absolute Gasteiger partial charge is 0.234 e. The second-order valence-electron chi connectivity index (χ2n) is 4.74. The summed E-state index contributed by atoms with van der Waals surface area (Å²) in [5.41, 5.74) is 1.15. The van der Waals surface area contributed by atoms with Gasteiger partial charge in [0.2, 0.25) is 11.8 Å². The molecule has 0 saturated heterocycles. The molecule has 0 aliphatic carbocycles. The lowest BCUT2D eigenvalue weighted by Gasteiger charge is -2.09. The maximum atomic E-state index is 11.9. The second kappa shape index (κ2) is 8.11. The monoisotopic (exact) mass is 344 g/mol. The van der Waals surface area contributed by atoms with Gasteiger partial charge in [0.1, 0.15) is 5.03 Å². The van der Waals surface area contributed by atoms with Crippen LogP contribution in [-0.2, 0) is 9.59 Å². The first-order valence-corrected chi connectivity index (χ1v) is 7.91. The number of nitrogens with one attached hydrogen (secondary N) is 2. The van der Waals surface area contributed by atoms with Crippen LogP contribution in [0.1, 0.15) is 17.3 Å². The maximum Gasteiger partial charge on any atom is 0.234 e. The Kier molecular flexibility index (Phi) is 5.91. The van der Waals surface area contributed by atoms with Crippen LogP contribution in [0.25, 0.3) is 0 Å². The lowest BCUT2D eigenvalue weighted by molar-refractivity contribution is -0.255. The average molecular weight is 344 g/mol. The Bertz CT molecular complexity index is 762. The summed E-state index contributed by atoms with van der Waals surface area (Å²) in [6.45, 7) is 1.41. The number of thioether (sulfide) groups is 1. The third-order valence-corrected chi connectivity index (χ3v) is 3.83. The van der Waals surface area contributed by atoms with Crippen LogP contribution >= 0.6 is 11.8 Å². The van der Waals surface area contributed by atoms with Crippen LogP contribution in [0, 0.1) is 0 Å². The molecular formula is C16H14N3O4S-. The number of pyridine rings is 1. The number of hydrogen-bond acceptors (Lipinski definition) is 6. The van der Waals surface area contributed by atoms with Crippen molar-refractivity contribution < 1.29 is 19.5 Å². The molecular weight excluding hydrogens is 330 g/mol. The maximum absolute atomic E-state index is 11.9. The molecule has 0 bridgehead atoms. The van der Waals surface area contributed by atoms with Crippen LogP contribution in [0.3, 0.4) is 0 Å². The SMILES string of the molecule is CC(=O)Nc1ccc(NC(=O)CSc2ncccc2C(=O)[O-])cc1. The summed E-state index contributed by atoms with van der Waals surface area (Å²) in [6.07, 6.45) is 1.45. The third-order valence-electron chi connectivity index (χ3n) is 2.82. The normalized spacial score (nSPS) is 10.0. The Labute approximate surface area is 142 Å². The number of rotatable bonds is 6. The van der Waals surface area contributed by atoms with Crippen molar-refractivity contribution in [3.05, 3.63) is 48.2 Å². The van der Waals surface area contributed by atoms with E-state index in [1.165, 1.54) is 25.3 Å². The third kappa shape index (κ3) is 5.10. The molecule has 8 heteroatoms. The minimum absolute atomic E-state index is 0.00470. The van der Waals surface area contributed by atoms with E-state index in [0.717, 1.165) is 11.8 Å². The fourth-order valence-corrected chi connectivity index (χ4v) is 2.61. The van der Waals surface area contributed by atoms with Crippen molar-refractivity contribution in [2.24, 2.45) is 0 Å².